The summed E-state index contributed by atoms with van der Waals surface area (Å²) < 4.78 is 18.9. The lowest BCUT2D eigenvalue weighted by atomic mass is 10.0. The lowest BCUT2D eigenvalue weighted by Gasteiger charge is -2.22. The van der Waals surface area contributed by atoms with E-state index in [0.717, 1.165) is 11.3 Å². The number of benzene rings is 2. The van der Waals surface area contributed by atoms with E-state index in [0.29, 0.717) is 13.0 Å². The van der Waals surface area contributed by atoms with E-state index in [1.165, 1.54) is 18.2 Å². The van der Waals surface area contributed by atoms with Crippen LogP contribution >= 0.6 is 0 Å². The first-order valence-corrected chi connectivity index (χ1v) is 8.88. The van der Waals surface area contributed by atoms with Crippen LogP contribution in [0.4, 0.5) is 4.39 Å². The van der Waals surface area contributed by atoms with Gasteiger partial charge >= 0.3 is 0 Å². The van der Waals surface area contributed by atoms with Crippen molar-refractivity contribution in [2.75, 3.05) is 13.7 Å². The summed E-state index contributed by atoms with van der Waals surface area (Å²) in [7, 11) is 1.61. The van der Waals surface area contributed by atoms with E-state index in [-0.39, 0.29) is 17.4 Å². The van der Waals surface area contributed by atoms with E-state index in [1.54, 1.807) is 13.2 Å². The standard InChI is InChI=1S/C21H25FN2O3/c1-14(2)19(24-20(25)17-6-4-5-7-18(17)22)21(26)23-13-12-15-8-10-16(27-3)11-9-15/h4-11,14,19H,12-13H2,1-3H3,(H,23,26)(H,24,25)/t19-/m0/s1. The number of carbonyl (C=O) groups excluding carboxylic acids is 2. The van der Waals surface area contributed by atoms with Gasteiger partial charge in [0.2, 0.25) is 5.91 Å². The molecule has 0 saturated carbocycles. The molecule has 2 rings (SSSR count). The van der Waals surface area contributed by atoms with Crippen molar-refractivity contribution in [1.82, 2.24) is 10.6 Å². The lowest BCUT2D eigenvalue weighted by molar-refractivity contribution is -0.123. The second-order valence-electron chi connectivity index (χ2n) is 6.56. The molecule has 2 aromatic rings. The number of amides is 2. The molecule has 2 N–H and O–H groups in total. The summed E-state index contributed by atoms with van der Waals surface area (Å²) in [6, 6.07) is 12.6. The molecule has 6 heteroatoms. The number of methoxy groups -OCH3 is 1. The first kappa shape index (κ1) is 20.4. The molecule has 0 unspecified atom stereocenters. The zero-order valence-electron chi connectivity index (χ0n) is 15.8. The molecule has 27 heavy (non-hydrogen) atoms. The molecular weight excluding hydrogens is 347 g/mol. The van der Waals surface area contributed by atoms with E-state index in [9.17, 15) is 14.0 Å². The van der Waals surface area contributed by atoms with Gasteiger partial charge < -0.3 is 15.4 Å². The second-order valence-corrected chi connectivity index (χ2v) is 6.56. The summed E-state index contributed by atoms with van der Waals surface area (Å²) in [6.07, 6.45) is 0.655. The van der Waals surface area contributed by atoms with Crippen LogP contribution in [0.3, 0.4) is 0 Å². The third-order valence-corrected chi connectivity index (χ3v) is 4.23. The first-order valence-electron chi connectivity index (χ1n) is 8.88. The van der Waals surface area contributed by atoms with Crippen molar-refractivity contribution in [3.05, 3.63) is 65.5 Å². The smallest absolute Gasteiger partial charge is 0.254 e. The predicted octanol–water partition coefficient (Wildman–Crippen LogP) is 2.95. The minimum atomic E-state index is -0.743. The Morgan fingerprint density at radius 3 is 2.33 bits per heavy atom. The summed E-state index contributed by atoms with van der Waals surface area (Å²) >= 11 is 0. The van der Waals surface area contributed by atoms with Crippen molar-refractivity contribution in [1.29, 1.82) is 0 Å². The van der Waals surface area contributed by atoms with E-state index in [2.05, 4.69) is 10.6 Å². The number of halogens is 1. The molecule has 0 aromatic heterocycles. The van der Waals surface area contributed by atoms with Gasteiger partial charge in [-0.2, -0.15) is 0 Å². The Morgan fingerprint density at radius 1 is 1.07 bits per heavy atom. The zero-order chi connectivity index (χ0) is 19.8. The molecule has 1 atom stereocenters. The third-order valence-electron chi connectivity index (χ3n) is 4.23. The van der Waals surface area contributed by atoms with Crippen LogP contribution in [-0.2, 0) is 11.2 Å². The molecule has 0 aliphatic heterocycles. The van der Waals surface area contributed by atoms with Crippen LogP contribution in [0, 0.1) is 11.7 Å². The maximum absolute atomic E-state index is 13.8. The Balaban J connectivity index is 1.92. The molecule has 0 saturated heterocycles. The summed E-state index contributed by atoms with van der Waals surface area (Å²) in [5.41, 5.74) is 0.988. The van der Waals surface area contributed by atoms with Gasteiger partial charge in [-0.3, -0.25) is 9.59 Å². The number of hydrogen-bond acceptors (Lipinski definition) is 3. The Hall–Kier alpha value is -2.89. The molecular formula is C21H25FN2O3. The number of carbonyl (C=O) groups is 2. The Morgan fingerprint density at radius 2 is 1.74 bits per heavy atom. The number of ether oxygens (including phenoxy) is 1. The minimum Gasteiger partial charge on any atom is -0.497 e. The quantitative estimate of drug-likeness (QED) is 0.749. The van der Waals surface area contributed by atoms with Crippen LogP contribution in [0.2, 0.25) is 0 Å². The van der Waals surface area contributed by atoms with E-state index >= 15 is 0 Å². The molecule has 144 valence electrons. The summed E-state index contributed by atoms with van der Waals surface area (Å²) in [5.74, 6) is -0.863. The molecule has 0 aliphatic carbocycles. The third kappa shape index (κ3) is 5.81. The Bertz CT molecular complexity index is 775. The highest BCUT2D eigenvalue weighted by Crippen LogP contribution is 2.12. The molecule has 5 nitrogen and oxygen atoms in total. The van der Waals surface area contributed by atoms with Crippen molar-refractivity contribution >= 4 is 11.8 Å². The second kappa shape index (κ2) is 9.71. The molecule has 0 spiro atoms. The van der Waals surface area contributed by atoms with Crippen LogP contribution < -0.4 is 15.4 Å². The highest BCUT2D eigenvalue weighted by molar-refractivity contribution is 5.97. The Kier molecular flexibility index (Phi) is 7.34. The van der Waals surface area contributed by atoms with Gasteiger partial charge in [-0.25, -0.2) is 4.39 Å². The minimum absolute atomic E-state index is 0.0748. The number of nitrogens with one attached hydrogen (secondary N) is 2. The van der Waals surface area contributed by atoms with Crippen molar-refractivity contribution < 1.29 is 18.7 Å². The maximum Gasteiger partial charge on any atom is 0.254 e. The summed E-state index contributed by atoms with van der Waals surface area (Å²) in [6.45, 7) is 4.09. The van der Waals surface area contributed by atoms with Crippen LogP contribution in [0.25, 0.3) is 0 Å². The largest absolute Gasteiger partial charge is 0.497 e. The maximum atomic E-state index is 13.8. The van der Waals surface area contributed by atoms with Gasteiger partial charge in [0.1, 0.15) is 17.6 Å². The van der Waals surface area contributed by atoms with Gasteiger partial charge in [0.05, 0.1) is 12.7 Å². The van der Waals surface area contributed by atoms with Crippen molar-refractivity contribution in [3.63, 3.8) is 0 Å². The van der Waals surface area contributed by atoms with Crippen LogP contribution in [0.5, 0.6) is 5.75 Å². The topological polar surface area (TPSA) is 67.4 Å². The van der Waals surface area contributed by atoms with E-state index in [1.807, 2.05) is 38.1 Å². The van der Waals surface area contributed by atoms with Gasteiger partial charge in [0.15, 0.2) is 0 Å². The normalized spacial score (nSPS) is 11.7. The highest BCUT2D eigenvalue weighted by Gasteiger charge is 2.25. The van der Waals surface area contributed by atoms with E-state index < -0.39 is 17.8 Å². The fraction of sp³-hybridized carbons (Fsp3) is 0.333. The molecule has 0 heterocycles. The Labute approximate surface area is 158 Å². The molecule has 2 aromatic carbocycles. The molecule has 2 amide bonds. The van der Waals surface area contributed by atoms with E-state index in [4.69, 9.17) is 4.74 Å². The molecule has 0 fully saturated rings. The van der Waals surface area contributed by atoms with Gasteiger partial charge in [-0.1, -0.05) is 38.1 Å². The van der Waals surface area contributed by atoms with Crippen LogP contribution in [0.1, 0.15) is 29.8 Å². The van der Waals surface area contributed by atoms with Crippen molar-refractivity contribution in [2.45, 2.75) is 26.3 Å². The monoisotopic (exact) mass is 372 g/mol. The van der Waals surface area contributed by atoms with Gasteiger partial charge in [0.25, 0.3) is 5.91 Å². The first-order chi connectivity index (χ1) is 12.9. The molecule has 0 bridgehead atoms. The summed E-state index contributed by atoms with van der Waals surface area (Å²) in [4.78, 5) is 24.8. The lowest BCUT2D eigenvalue weighted by Crippen LogP contribution is -2.50. The predicted molar refractivity (Wildman–Crippen MR) is 102 cm³/mol. The fourth-order valence-corrected chi connectivity index (χ4v) is 2.63. The van der Waals surface area contributed by atoms with Gasteiger partial charge in [-0.15, -0.1) is 0 Å². The SMILES string of the molecule is COc1ccc(CCNC(=O)[C@@H](NC(=O)c2ccccc2F)C(C)C)cc1. The summed E-state index contributed by atoms with van der Waals surface area (Å²) in [5, 5.41) is 5.46. The number of rotatable bonds is 8. The average molecular weight is 372 g/mol. The van der Waals surface area contributed by atoms with Crippen molar-refractivity contribution in [2.24, 2.45) is 5.92 Å². The average Bonchev–Trinajstić information content (AvgIpc) is 2.66. The zero-order valence-corrected chi connectivity index (χ0v) is 15.8. The van der Waals surface area contributed by atoms with Gasteiger partial charge in [-0.05, 0) is 42.2 Å². The highest BCUT2D eigenvalue weighted by atomic mass is 19.1. The molecule has 0 radical (unpaired) electrons. The molecule has 0 aliphatic rings. The van der Waals surface area contributed by atoms with Gasteiger partial charge in [0, 0.05) is 6.54 Å². The van der Waals surface area contributed by atoms with Crippen molar-refractivity contribution in [3.8, 4) is 5.75 Å². The fourth-order valence-electron chi connectivity index (χ4n) is 2.63. The van der Waals surface area contributed by atoms with Crippen LogP contribution in [-0.4, -0.2) is 31.5 Å². The van der Waals surface area contributed by atoms with Crippen LogP contribution in [0.15, 0.2) is 48.5 Å². The number of hydrogen-bond donors (Lipinski definition) is 2.